The van der Waals surface area contributed by atoms with Crippen LogP contribution in [-0.4, -0.2) is 6.16 Å². The zero-order valence-electron chi connectivity index (χ0n) is 5.19. The zero-order chi connectivity index (χ0) is 5.21. The van der Waals surface area contributed by atoms with Crippen molar-refractivity contribution in [2.45, 2.75) is 20.8 Å². The van der Waals surface area contributed by atoms with E-state index in [2.05, 4.69) is 30.0 Å². The van der Waals surface area contributed by atoms with Crippen LogP contribution in [0.3, 0.4) is 0 Å². The van der Waals surface area contributed by atoms with E-state index in [9.17, 15) is 0 Å². The van der Waals surface area contributed by atoms with Gasteiger partial charge >= 0.3 is 0 Å². The van der Waals surface area contributed by atoms with E-state index in [0.29, 0.717) is 5.41 Å². The lowest BCUT2D eigenvalue weighted by atomic mass is 10.0. The second-order valence-electron chi connectivity index (χ2n) is 2.76. The van der Waals surface area contributed by atoms with E-state index < -0.39 is 0 Å². The second kappa shape index (κ2) is 4.08. The molecule has 1 atom stereocenters. The molecule has 0 spiro atoms. The summed E-state index contributed by atoms with van der Waals surface area (Å²) in [6, 6.07) is 0. The predicted molar refractivity (Wildman–Crippen MR) is 49.4 cm³/mol. The molecule has 2 heteroatoms. The topological polar surface area (TPSA) is 0 Å². The Morgan fingerprint density at radius 3 is 1.43 bits per heavy atom. The summed E-state index contributed by atoms with van der Waals surface area (Å²) in [5.41, 5.74) is 0.505. The highest BCUT2D eigenvalue weighted by atomic mass is 127. The third-order valence-electron chi connectivity index (χ3n) is 0.612. The lowest BCUT2D eigenvalue weighted by Gasteiger charge is -2.12. The first kappa shape index (κ1) is 11.0. The largest absolute Gasteiger partial charge is 0.137 e. The predicted octanol–water partition coefficient (Wildman–Crippen LogP) is 2.53. The molecule has 0 saturated heterocycles. The Morgan fingerprint density at radius 2 is 1.43 bits per heavy atom. The minimum Gasteiger partial charge on any atom is -0.137 e. The van der Waals surface area contributed by atoms with E-state index in [1.54, 1.807) is 0 Å². The Balaban J connectivity index is 0. The number of hydrogen-bond acceptors (Lipinski definition) is 0. The number of hydrogen-bond donors (Lipinski definition) is 0. The van der Waals surface area contributed by atoms with Crippen LogP contribution < -0.4 is 0 Å². The van der Waals surface area contributed by atoms with Crippen LogP contribution in [0.25, 0.3) is 0 Å². The van der Waals surface area contributed by atoms with Gasteiger partial charge in [0, 0.05) is 0 Å². The summed E-state index contributed by atoms with van der Waals surface area (Å²) in [5.74, 6) is 0. The van der Waals surface area contributed by atoms with E-state index in [-0.39, 0.29) is 24.0 Å². The van der Waals surface area contributed by atoms with Crippen LogP contribution in [-0.2, 0) is 0 Å². The van der Waals surface area contributed by atoms with Crippen LogP contribution in [0, 0.1) is 5.41 Å². The maximum Gasteiger partial charge on any atom is -0.0332 e. The molecule has 0 aromatic rings. The Bertz CT molecular complexity index is 37.8. The summed E-state index contributed by atoms with van der Waals surface area (Å²) in [6.07, 6.45) is 1.19. The molecule has 0 aliphatic carbocycles. The molecule has 0 bridgehead atoms. The van der Waals surface area contributed by atoms with Gasteiger partial charge in [-0.3, -0.25) is 0 Å². The molecule has 0 amide bonds. The van der Waals surface area contributed by atoms with Crippen molar-refractivity contribution in [2.75, 3.05) is 6.16 Å². The average molecular weight is 232 g/mol. The first-order chi connectivity index (χ1) is 2.56. The Hall–Kier alpha value is 1.16. The van der Waals surface area contributed by atoms with E-state index in [0.717, 1.165) is 0 Å². The van der Waals surface area contributed by atoms with Gasteiger partial charge in [-0.25, -0.2) is 0 Å². The summed E-state index contributed by atoms with van der Waals surface area (Å²) >= 11 is 0. The van der Waals surface area contributed by atoms with Crippen molar-refractivity contribution < 1.29 is 0 Å². The van der Waals surface area contributed by atoms with E-state index in [4.69, 9.17) is 0 Å². The van der Waals surface area contributed by atoms with E-state index in [1.165, 1.54) is 6.16 Å². The van der Waals surface area contributed by atoms with Crippen LogP contribution >= 0.6 is 33.2 Å². The summed E-state index contributed by atoms with van der Waals surface area (Å²) < 4.78 is 0. The minimum absolute atomic E-state index is 0. The molecule has 0 heterocycles. The molecule has 7 heavy (non-hydrogen) atoms. The highest BCUT2D eigenvalue weighted by molar-refractivity contribution is 14.0. The third-order valence-corrected chi connectivity index (χ3v) is 1.84. The SMILES string of the molecule is CC(C)(C)CP.I. The Morgan fingerprint density at radius 1 is 1.29 bits per heavy atom. The lowest BCUT2D eigenvalue weighted by molar-refractivity contribution is 0.480. The van der Waals surface area contributed by atoms with Gasteiger partial charge in [0.25, 0.3) is 0 Å². The smallest absolute Gasteiger partial charge is 0.0332 e. The molecular formula is C5H14IP. The summed E-state index contributed by atoms with van der Waals surface area (Å²) in [6.45, 7) is 6.67. The van der Waals surface area contributed by atoms with E-state index >= 15 is 0 Å². The molecule has 0 aliphatic rings. The second-order valence-corrected chi connectivity index (χ2v) is 3.17. The maximum absolute atomic E-state index is 2.72. The highest BCUT2D eigenvalue weighted by Gasteiger charge is 2.03. The fraction of sp³-hybridized carbons (Fsp3) is 1.00. The van der Waals surface area contributed by atoms with Gasteiger partial charge in [-0.2, -0.15) is 0 Å². The molecule has 0 rings (SSSR count). The fourth-order valence-corrected chi connectivity index (χ4v) is 0. The minimum atomic E-state index is 0. The average Bonchev–Trinajstić information content (AvgIpc) is 1.35. The third kappa shape index (κ3) is 11.0. The number of rotatable bonds is 0. The maximum atomic E-state index is 2.72. The number of halogens is 1. The molecule has 46 valence electrons. The van der Waals surface area contributed by atoms with Crippen molar-refractivity contribution in [1.82, 2.24) is 0 Å². The van der Waals surface area contributed by atoms with Crippen molar-refractivity contribution >= 4 is 33.2 Å². The molecule has 1 unspecified atom stereocenters. The van der Waals surface area contributed by atoms with Gasteiger partial charge in [-0.15, -0.1) is 33.2 Å². The molecule has 0 nitrogen and oxygen atoms in total. The monoisotopic (exact) mass is 232 g/mol. The Kier molecular flexibility index (Phi) is 6.43. The normalized spacial score (nSPS) is 10.3. The molecule has 0 fully saturated rings. The fourth-order valence-electron chi connectivity index (χ4n) is 0. The van der Waals surface area contributed by atoms with Gasteiger partial charge in [0.15, 0.2) is 0 Å². The highest BCUT2D eigenvalue weighted by Crippen LogP contribution is 2.14. The van der Waals surface area contributed by atoms with E-state index in [1.807, 2.05) is 0 Å². The van der Waals surface area contributed by atoms with Crippen molar-refractivity contribution in [1.29, 1.82) is 0 Å². The quantitative estimate of drug-likeness (QED) is 0.444. The van der Waals surface area contributed by atoms with Gasteiger partial charge < -0.3 is 0 Å². The molecule has 0 aromatic carbocycles. The first-order valence-corrected chi connectivity index (χ1v) is 3.08. The van der Waals surface area contributed by atoms with Crippen LogP contribution in [0.2, 0.25) is 0 Å². The lowest BCUT2D eigenvalue weighted by Crippen LogP contribution is -2.04. The molecule has 0 N–H and O–H groups in total. The summed E-state index contributed by atoms with van der Waals surface area (Å²) in [5, 5.41) is 0. The summed E-state index contributed by atoms with van der Waals surface area (Å²) in [7, 11) is 2.72. The van der Waals surface area contributed by atoms with Gasteiger partial charge in [-0.05, 0) is 11.6 Å². The van der Waals surface area contributed by atoms with Crippen LogP contribution in [0.4, 0.5) is 0 Å². The van der Waals surface area contributed by atoms with Crippen molar-refractivity contribution in [3.63, 3.8) is 0 Å². The summed E-state index contributed by atoms with van der Waals surface area (Å²) in [4.78, 5) is 0. The zero-order valence-corrected chi connectivity index (χ0v) is 8.68. The van der Waals surface area contributed by atoms with Gasteiger partial charge in [0.2, 0.25) is 0 Å². The van der Waals surface area contributed by atoms with Crippen molar-refractivity contribution in [3.05, 3.63) is 0 Å². The van der Waals surface area contributed by atoms with Gasteiger partial charge in [-0.1, -0.05) is 20.8 Å². The molecule has 0 aromatic heterocycles. The molecular weight excluding hydrogens is 218 g/mol. The van der Waals surface area contributed by atoms with Crippen LogP contribution in [0.1, 0.15) is 20.8 Å². The van der Waals surface area contributed by atoms with Crippen molar-refractivity contribution in [2.24, 2.45) is 5.41 Å². The van der Waals surface area contributed by atoms with Crippen LogP contribution in [0.15, 0.2) is 0 Å². The van der Waals surface area contributed by atoms with Crippen molar-refractivity contribution in [3.8, 4) is 0 Å². The van der Waals surface area contributed by atoms with Gasteiger partial charge in [0.1, 0.15) is 0 Å². The molecule has 0 saturated carbocycles. The standard InChI is InChI=1S/C5H13P.HI/c1-5(2,3)4-6;/h4,6H2,1-3H3;1H. The van der Waals surface area contributed by atoms with Gasteiger partial charge in [0.05, 0.1) is 0 Å². The van der Waals surface area contributed by atoms with Crippen LogP contribution in [0.5, 0.6) is 0 Å². The first-order valence-electron chi connectivity index (χ1n) is 2.26. The molecule has 0 radical (unpaired) electrons. The Labute approximate surface area is 65.7 Å². The molecule has 0 aliphatic heterocycles.